The molecular weight excluding hydrogens is 266 g/mol. The Morgan fingerprint density at radius 3 is 3.10 bits per heavy atom. The van der Waals surface area contributed by atoms with E-state index in [1.807, 2.05) is 6.07 Å². The van der Waals surface area contributed by atoms with Gasteiger partial charge in [0.15, 0.2) is 5.84 Å². The van der Waals surface area contributed by atoms with Gasteiger partial charge in [-0.25, -0.2) is 4.98 Å². The van der Waals surface area contributed by atoms with Crippen LogP contribution in [0.2, 0.25) is 0 Å². The topological polar surface area (TPSA) is 78.0 Å². The van der Waals surface area contributed by atoms with Crippen molar-refractivity contribution in [2.75, 3.05) is 31.6 Å². The molecule has 0 aromatic carbocycles. The average molecular weight is 289 g/mol. The van der Waals surface area contributed by atoms with Crippen LogP contribution in [0.15, 0.2) is 23.5 Å². The molecule has 0 amide bonds. The van der Waals surface area contributed by atoms with Crippen molar-refractivity contribution in [2.24, 2.45) is 16.8 Å². The summed E-state index contributed by atoms with van der Waals surface area (Å²) in [5.41, 5.74) is 6.38. The Hall–Kier alpha value is -1.82. The molecule has 3 N–H and O–H groups in total. The second kappa shape index (κ2) is 5.89. The molecular formula is C15H23N5O. The van der Waals surface area contributed by atoms with Gasteiger partial charge in [-0.3, -0.25) is 0 Å². The summed E-state index contributed by atoms with van der Waals surface area (Å²) in [7, 11) is 2.24. The van der Waals surface area contributed by atoms with E-state index in [2.05, 4.69) is 27.0 Å². The molecule has 0 aliphatic carbocycles. The van der Waals surface area contributed by atoms with E-state index in [0.29, 0.717) is 17.5 Å². The summed E-state index contributed by atoms with van der Waals surface area (Å²) in [5.74, 6) is 1.77. The largest absolute Gasteiger partial charge is 0.409 e. The maximum absolute atomic E-state index is 8.80. The van der Waals surface area contributed by atoms with E-state index in [4.69, 9.17) is 10.9 Å². The molecule has 6 heteroatoms. The zero-order valence-corrected chi connectivity index (χ0v) is 12.4. The second-order valence-electron chi connectivity index (χ2n) is 6.07. The molecule has 114 valence electrons. The fourth-order valence-electron chi connectivity index (χ4n) is 3.67. The number of oxime groups is 1. The summed E-state index contributed by atoms with van der Waals surface area (Å²) >= 11 is 0. The van der Waals surface area contributed by atoms with E-state index in [1.165, 1.54) is 25.8 Å². The summed E-state index contributed by atoms with van der Waals surface area (Å²) in [6, 6.07) is 4.38. The van der Waals surface area contributed by atoms with Crippen LogP contribution in [0.3, 0.4) is 0 Å². The quantitative estimate of drug-likeness (QED) is 0.369. The van der Waals surface area contributed by atoms with Crippen LogP contribution in [0.5, 0.6) is 0 Å². The fraction of sp³-hybridized carbons (Fsp3) is 0.600. The molecule has 0 spiro atoms. The highest BCUT2D eigenvalue weighted by Crippen LogP contribution is 2.31. The molecule has 21 heavy (non-hydrogen) atoms. The van der Waals surface area contributed by atoms with Crippen molar-refractivity contribution in [3.8, 4) is 0 Å². The summed E-state index contributed by atoms with van der Waals surface area (Å²) in [6.45, 7) is 3.28. The van der Waals surface area contributed by atoms with Crippen molar-refractivity contribution in [1.82, 2.24) is 9.88 Å². The van der Waals surface area contributed by atoms with Crippen LogP contribution >= 0.6 is 0 Å². The van der Waals surface area contributed by atoms with Crippen molar-refractivity contribution in [3.05, 3.63) is 23.9 Å². The Morgan fingerprint density at radius 2 is 2.29 bits per heavy atom. The molecule has 1 aromatic rings. The third kappa shape index (κ3) is 2.81. The van der Waals surface area contributed by atoms with Crippen LogP contribution < -0.4 is 10.6 Å². The molecule has 0 radical (unpaired) electrons. The fourth-order valence-corrected chi connectivity index (χ4v) is 3.67. The monoisotopic (exact) mass is 289 g/mol. The standard InChI is InChI=1S/C15H23N5O/c1-19-7-2-3-12-10-20(8-5-13(12)19)14-9-11(4-6-17-14)15(16)18-21/h4,6,9,12-13,21H,2-3,5,7-8,10H2,1H3,(H2,16,18). The third-order valence-corrected chi connectivity index (χ3v) is 4.82. The number of fused-ring (bicyclic) bond motifs is 1. The molecule has 1 aromatic heterocycles. The van der Waals surface area contributed by atoms with E-state index in [9.17, 15) is 0 Å². The first-order valence-corrected chi connectivity index (χ1v) is 7.58. The molecule has 2 aliphatic heterocycles. The van der Waals surface area contributed by atoms with Gasteiger partial charge in [0.25, 0.3) is 0 Å². The van der Waals surface area contributed by atoms with Crippen LogP contribution in [0, 0.1) is 5.92 Å². The van der Waals surface area contributed by atoms with Crippen molar-refractivity contribution in [3.63, 3.8) is 0 Å². The summed E-state index contributed by atoms with van der Waals surface area (Å²) in [6.07, 6.45) is 5.48. The van der Waals surface area contributed by atoms with E-state index < -0.39 is 0 Å². The van der Waals surface area contributed by atoms with E-state index >= 15 is 0 Å². The van der Waals surface area contributed by atoms with Crippen molar-refractivity contribution >= 4 is 11.7 Å². The maximum Gasteiger partial charge on any atom is 0.170 e. The second-order valence-corrected chi connectivity index (χ2v) is 6.07. The van der Waals surface area contributed by atoms with Gasteiger partial charge < -0.3 is 20.7 Å². The van der Waals surface area contributed by atoms with Gasteiger partial charge in [0.05, 0.1) is 0 Å². The van der Waals surface area contributed by atoms with E-state index in [1.54, 1.807) is 12.3 Å². The molecule has 3 heterocycles. The molecule has 2 aliphatic rings. The summed E-state index contributed by atoms with van der Waals surface area (Å²) in [5, 5.41) is 11.9. The van der Waals surface area contributed by atoms with Crippen molar-refractivity contribution in [2.45, 2.75) is 25.3 Å². The number of anilines is 1. The lowest BCUT2D eigenvalue weighted by Gasteiger charge is -2.46. The Kier molecular flexibility index (Phi) is 3.96. The van der Waals surface area contributed by atoms with Crippen LogP contribution in [0.4, 0.5) is 5.82 Å². The zero-order chi connectivity index (χ0) is 14.8. The SMILES string of the molecule is CN1CCCC2CN(c3cc(/C(N)=N/O)ccn3)CCC21. The minimum atomic E-state index is 0.130. The number of nitrogens with zero attached hydrogens (tertiary/aromatic N) is 4. The first-order valence-electron chi connectivity index (χ1n) is 7.58. The average Bonchev–Trinajstić information content (AvgIpc) is 2.54. The lowest BCUT2D eigenvalue weighted by atomic mass is 9.84. The Bertz CT molecular complexity index is 533. The number of aromatic nitrogens is 1. The minimum absolute atomic E-state index is 0.130. The van der Waals surface area contributed by atoms with Gasteiger partial charge in [-0.15, -0.1) is 0 Å². The smallest absolute Gasteiger partial charge is 0.170 e. The maximum atomic E-state index is 8.80. The van der Waals surface area contributed by atoms with Crippen LogP contribution in [-0.4, -0.2) is 53.7 Å². The van der Waals surface area contributed by atoms with Gasteiger partial charge in [-0.05, 0) is 50.9 Å². The molecule has 0 bridgehead atoms. The number of hydrogen-bond donors (Lipinski definition) is 2. The van der Waals surface area contributed by atoms with Gasteiger partial charge in [0.1, 0.15) is 5.82 Å². The van der Waals surface area contributed by atoms with Gasteiger partial charge in [0.2, 0.25) is 0 Å². The number of rotatable bonds is 2. The van der Waals surface area contributed by atoms with Crippen LogP contribution in [0.1, 0.15) is 24.8 Å². The molecule has 2 saturated heterocycles. The molecule has 0 saturated carbocycles. The third-order valence-electron chi connectivity index (χ3n) is 4.82. The number of pyridine rings is 1. The van der Waals surface area contributed by atoms with Crippen LogP contribution in [-0.2, 0) is 0 Å². The Labute approximate surface area is 125 Å². The first kappa shape index (κ1) is 14.1. The normalized spacial score (nSPS) is 27.5. The minimum Gasteiger partial charge on any atom is -0.409 e. The number of piperidine rings is 2. The van der Waals surface area contributed by atoms with Gasteiger partial charge in [-0.2, -0.15) is 0 Å². The van der Waals surface area contributed by atoms with Gasteiger partial charge in [0, 0.05) is 30.9 Å². The molecule has 2 fully saturated rings. The highest BCUT2D eigenvalue weighted by molar-refractivity contribution is 5.97. The van der Waals surface area contributed by atoms with Gasteiger partial charge in [-0.1, -0.05) is 5.16 Å². The Morgan fingerprint density at radius 1 is 1.43 bits per heavy atom. The molecule has 2 unspecified atom stereocenters. The van der Waals surface area contributed by atoms with E-state index in [-0.39, 0.29) is 5.84 Å². The van der Waals surface area contributed by atoms with Crippen molar-refractivity contribution < 1.29 is 5.21 Å². The van der Waals surface area contributed by atoms with Crippen molar-refractivity contribution in [1.29, 1.82) is 0 Å². The number of hydrogen-bond acceptors (Lipinski definition) is 5. The number of nitrogens with two attached hydrogens (primary N) is 1. The lowest BCUT2D eigenvalue weighted by molar-refractivity contribution is 0.102. The summed E-state index contributed by atoms with van der Waals surface area (Å²) in [4.78, 5) is 9.29. The van der Waals surface area contributed by atoms with Crippen LogP contribution in [0.25, 0.3) is 0 Å². The highest BCUT2D eigenvalue weighted by atomic mass is 16.4. The first-order chi connectivity index (χ1) is 10.2. The number of amidine groups is 1. The molecule has 2 atom stereocenters. The molecule has 3 rings (SSSR count). The molecule has 6 nitrogen and oxygen atoms in total. The lowest BCUT2D eigenvalue weighted by Crippen LogP contribution is -2.52. The number of likely N-dealkylation sites (tertiary alicyclic amines) is 1. The van der Waals surface area contributed by atoms with E-state index in [0.717, 1.165) is 18.9 Å². The predicted octanol–water partition coefficient (Wildman–Crippen LogP) is 1.10. The Balaban J connectivity index is 1.76. The zero-order valence-electron chi connectivity index (χ0n) is 12.4. The summed E-state index contributed by atoms with van der Waals surface area (Å²) < 4.78 is 0. The predicted molar refractivity (Wildman–Crippen MR) is 82.7 cm³/mol. The van der Waals surface area contributed by atoms with Gasteiger partial charge >= 0.3 is 0 Å². The highest BCUT2D eigenvalue weighted by Gasteiger charge is 2.34.